The van der Waals surface area contributed by atoms with Crippen molar-refractivity contribution in [1.29, 1.82) is 0 Å². The number of H-pyrrole nitrogens is 1. The maximum atomic E-state index is 16.5. The number of unbranched alkanes of at least 4 members (excludes halogenated alkanes) is 2. The van der Waals surface area contributed by atoms with E-state index in [9.17, 15) is 74.1 Å². The van der Waals surface area contributed by atoms with Crippen LogP contribution in [-0.4, -0.2) is 357 Å². The first-order valence-electron chi connectivity index (χ1n) is 48.6. The molecule has 3 aromatic carbocycles. The molecule has 5 heterocycles. The van der Waals surface area contributed by atoms with Crippen LogP contribution in [0.5, 0.6) is 5.75 Å². The van der Waals surface area contributed by atoms with Crippen LogP contribution in [0, 0.1) is 17.8 Å². The molecule has 0 aliphatic carbocycles. The van der Waals surface area contributed by atoms with E-state index in [0.29, 0.717) is 52.2 Å². The number of hydrogen-bond donors (Lipinski definition) is 22. The molecule has 26 N–H and O–H groups in total. The number of likely N-dealkylation sites (N-methyl/N-ethyl adjacent to an activating group) is 3. The number of benzene rings is 3. The molecule has 0 radical (unpaired) electrons. The summed E-state index contributed by atoms with van der Waals surface area (Å²) < 4.78 is 1.40. The minimum absolute atomic E-state index is 0.0120. The standard InChI is InChI=1S/C97H143N21O25S/c1-11-13-23-73(90(136)106-65(34-51(3)4)87(133)112-71(49-144-50-81(101)126)85(131)104-44-80(100)125)114(9)97(143)75(24-14-12-2)115(10)94(140)68(38-56-45-116(47-82(127)128)72-25-18-16-21-60(56)72)110-86(132)64-32-31-62(98)61(36-54-27-29-57(120)30-28-54)93(139)113(8)53(7)84(130)108-69(40-79(99)124)95(141)117-33-19-26-74(117)91(137)111-70(42-102-43-77(122)83(129)78(123)48-119)89(135)109-67(35-52(5)6)96(142)118-46-58(121)39-76(118)92(138)107-66(88(134)105-64)37-55-41-103-63-22-17-15-20-59(55)63/h15-18,20-22,25,27-30,41,45,51-53,58,61-62,64-71,73-78,83,102-103,119-123,129H,11-14,19,23-24,26,31-40,42-44,46-50,98H2,1-10H3,(H2,99,124)(H2,100,125)(H2,101,126)(H,104,131)(H,105,134)(H,106,136)(H,107,138)(H,108,130)(H,109,135)(H,110,132)(H,111,137)(H,112,133)(H,127,128)/t53-,58+,61+,62?,64-,65-,66-,67-,68-,69-,70-,71-,73-,74-,75-,76-,77-,78+,83-/m0/s1. The number of amides is 17. The van der Waals surface area contributed by atoms with Crippen LogP contribution in [0.1, 0.15) is 155 Å². The summed E-state index contributed by atoms with van der Waals surface area (Å²) in [6, 6.07) is -3.50. The minimum atomic E-state index is -1.94. The molecule has 8 rings (SSSR count). The number of aliphatic hydroxyl groups is 5. The zero-order chi connectivity index (χ0) is 106. The van der Waals surface area contributed by atoms with E-state index in [1.54, 1.807) is 82.4 Å². The molecule has 0 saturated carbocycles. The first-order chi connectivity index (χ1) is 68.2. The number of hydrogen-bond acceptors (Lipinski definition) is 27. The number of carboxylic acids is 1. The second kappa shape index (κ2) is 55.2. The van der Waals surface area contributed by atoms with Gasteiger partial charge >= 0.3 is 5.97 Å². The maximum absolute atomic E-state index is 16.5. The van der Waals surface area contributed by atoms with Gasteiger partial charge in [-0.3, -0.25) is 86.3 Å². The molecule has 792 valence electrons. The first kappa shape index (κ1) is 116. The van der Waals surface area contributed by atoms with Gasteiger partial charge in [0.25, 0.3) is 0 Å². The third-order valence-corrected chi connectivity index (χ3v) is 27.1. The third-order valence-electron chi connectivity index (χ3n) is 26.1. The second-order valence-electron chi connectivity index (χ2n) is 38.2. The molecule has 47 heteroatoms. The number of para-hydroxylation sites is 2. The topological polar surface area (TPSA) is 710 Å². The highest BCUT2D eigenvalue weighted by atomic mass is 32.2. The van der Waals surface area contributed by atoms with Crippen molar-refractivity contribution >= 4 is 140 Å². The smallest absolute Gasteiger partial charge is 0.323 e. The average molecular weight is 2040 g/mol. The molecule has 0 bridgehead atoms. The molecule has 3 fully saturated rings. The molecule has 3 aliphatic rings. The number of nitrogens with zero attached hydrogens (tertiary/aromatic N) is 6. The second-order valence-corrected chi connectivity index (χ2v) is 39.2. The number of thioether (sulfide) groups is 1. The molecule has 5 aromatic rings. The number of phenolic OH excluding ortho intramolecular Hbond substituents is 1. The van der Waals surface area contributed by atoms with Gasteiger partial charge in [0.05, 0.1) is 43.5 Å². The van der Waals surface area contributed by atoms with E-state index in [1.165, 1.54) is 63.1 Å². The number of aromatic nitrogens is 2. The monoisotopic (exact) mass is 2030 g/mol. The molecule has 17 amide bonds. The minimum Gasteiger partial charge on any atom is -0.508 e. The Morgan fingerprint density at radius 3 is 1.87 bits per heavy atom. The number of primary amides is 3. The predicted molar refractivity (Wildman–Crippen MR) is 528 cm³/mol. The highest BCUT2D eigenvalue weighted by Crippen LogP contribution is 2.30. The summed E-state index contributed by atoms with van der Waals surface area (Å²) in [6.45, 7) is 7.71. The van der Waals surface area contributed by atoms with Gasteiger partial charge in [0, 0.05) is 113 Å². The molecule has 19 atom stereocenters. The van der Waals surface area contributed by atoms with E-state index >= 15 is 47.9 Å². The van der Waals surface area contributed by atoms with Crippen LogP contribution >= 0.6 is 11.8 Å². The Hall–Kier alpha value is -12.9. The molecular formula is C97H143N21O25S. The van der Waals surface area contributed by atoms with Gasteiger partial charge in [0.1, 0.15) is 103 Å². The highest BCUT2D eigenvalue weighted by molar-refractivity contribution is 8.00. The number of nitrogens with one attached hydrogen (secondary N) is 11. The fourth-order valence-corrected chi connectivity index (χ4v) is 18.9. The SMILES string of the molecule is CCCC[C@@H](C(=O)N(C)[C@@H](CCCC)C(=O)N[C@@H](CC(C)C)C(=O)N[C@@H](CSCC(N)=O)C(=O)NCC(N)=O)N(C)C(=O)[C@H](Cc1cn(CC(=O)O)c2ccccc12)NC(=O)[C@@H]1CCC(N)[C@@H](Cc2ccc(O)cc2)C(=O)N(C)[C@@H](C)C(=O)N[C@@H](CC(N)=O)C(=O)N2CCC[C@H]2C(=O)N[C@@H](CNC[C@H](O)[C@H](O)[C@H](O)CO)C(=O)N[C@@H](CC(C)C)C(=O)N2C[C@H](O)C[C@H]2C(=O)N[C@@H](Cc2c[nH]c3ccccc23)C(=O)N1. The summed E-state index contributed by atoms with van der Waals surface area (Å²) >= 11 is 0.903. The lowest BCUT2D eigenvalue weighted by molar-refractivity contribution is -0.149. The summed E-state index contributed by atoms with van der Waals surface area (Å²) in [5, 5.41) is 101. The molecule has 0 spiro atoms. The number of aromatic hydroxyl groups is 1. The van der Waals surface area contributed by atoms with Crippen LogP contribution in [0.3, 0.4) is 0 Å². The van der Waals surface area contributed by atoms with E-state index in [1.807, 2.05) is 13.8 Å². The van der Waals surface area contributed by atoms with Crippen molar-refractivity contribution in [3.8, 4) is 5.75 Å². The molecule has 3 saturated heterocycles. The molecule has 46 nitrogen and oxygen atoms in total. The number of carbonyl (C=O) groups excluding carboxylic acids is 17. The van der Waals surface area contributed by atoms with Crippen molar-refractivity contribution in [2.75, 3.05) is 72.0 Å². The fourth-order valence-electron chi connectivity index (χ4n) is 18.1. The Kier molecular flexibility index (Phi) is 44.6. The lowest BCUT2D eigenvalue weighted by Gasteiger charge is -2.36. The lowest BCUT2D eigenvalue weighted by atomic mass is 9.87. The van der Waals surface area contributed by atoms with Crippen LogP contribution in [0.25, 0.3) is 21.8 Å². The van der Waals surface area contributed by atoms with Crippen molar-refractivity contribution < 1.29 is 122 Å². The van der Waals surface area contributed by atoms with Crippen LogP contribution in [0.4, 0.5) is 0 Å². The zero-order valence-corrected chi connectivity index (χ0v) is 83.8. The van der Waals surface area contributed by atoms with Crippen molar-refractivity contribution in [2.45, 2.75) is 273 Å². The number of carbonyl (C=O) groups is 18. The molecule has 1 unspecified atom stereocenters. The number of aliphatic hydroxyl groups excluding tert-OH is 5. The van der Waals surface area contributed by atoms with Gasteiger partial charge in [-0.2, -0.15) is 0 Å². The summed E-state index contributed by atoms with van der Waals surface area (Å²) in [7, 11) is 3.87. The van der Waals surface area contributed by atoms with Crippen LogP contribution in [-0.2, 0) is 112 Å². The van der Waals surface area contributed by atoms with Crippen molar-refractivity contribution in [2.24, 2.45) is 40.7 Å². The van der Waals surface area contributed by atoms with Gasteiger partial charge in [-0.15, -0.1) is 11.8 Å². The van der Waals surface area contributed by atoms with Gasteiger partial charge in [0.2, 0.25) is 100 Å². The summed E-state index contributed by atoms with van der Waals surface area (Å²) in [4.78, 5) is 273. The van der Waals surface area contributed by atoms with E-state index < -0.39 is 305 Å². The normalized spacial score (nSPS) is 22.2. The van der Waals surface area contributed by atoms with Crippen molar-refractivity contribution in [3.05, 3.63) is 102 Å². The number of aromatic amines is 1. The highest BCUT2D eigenvalue weighted by Gasteiger charge is 2.48. The third kappa shape index (κ3) is 32.8. The van der Waals surface area contributed by atoms with Crippen molar-refractivity contribution in [1.82, 2.24) is 87.2 Å². The number of nitrogens with two attached hydrogens (primary N) is 4. The quantitative estimate of drug-likeness (QED) is 0.0176. The van der Waals surface area contributed by atoms with E-state index in [-0.39, 0.29) is 86.6 Å². The van der Waals surface area contributed by atoms with Gasteiger partial charge in [-0.25, -0.2) is 0 Å². The van der Waals surface area contributed by atoms with Gasteiger partial charge in [0.15, 0.2) is 0 Å². The van der Waals surface area contributed by atoms with Crippen LogP contribution in [0.15, 0.2) is 85.2 Å². The lowest BCUT2D eigenvalue weighted by Crippen LogP contribution is -2.62. The van der Waals surface area contributed by atoms with Gasteiger partial charge < -0.3 is 146 Å². The van der Waals surface area contributed by atoms with Gasteiger partial charge in [-0.05, 0) is 118 Å². The summed E-state index contributed by atoms with van der Waals surface area (Å²) in [5.41, 5.74) is 25.8. The molecule has 3 aliphatic heterocycles. The Labute approximate surface area is 838 Å². The molecule has 2 aromatic heterocycles. The molecule has 144 heavy (non-hydrogen) atoms. The first-order valence-corrected chi connectivity index (χ1v) is 49.8. The Morgan fingerprint density at radius 1 is 0.618 bits per heavy atom. The van der Waals surface area contributed by atoms with E-state index in [2.05, 4.69) is 58.2 Å². The largest absolute Gasteiger partial charge is 0.508 e. The van der Waals surface area contributed by atoms with Gasteiger partial charge in [-0.1, -0.05) is 116 Å². The number of phenols is 1. The zero-order valence-electron chi connectivity index (χ0n) is 83.0. The maximum Gasteiger partial charge on any atom is 0.323 e. The Balaban J connectivity index is 1.28. The Morgan fingerprint density at radius 2 is 1.23 bits per heavy atom. The van der Waals surface area contributed by atoms with Crippen molar-refractivity contribution in [3.63, 3.8) is 0 Å². The number of rotatable bonds is 44. The van der Waals surface area contributed by atoms with E-state index in [4.69, 9.17) is 22.9 Å². The number of fused-ring (bicyclic) bond motifs is 4. The average Bonchev–Trinajstić information content (AvgIpc) is 1.61. The summed E-state index contributed by atoms with van der Waals surface area (Å²) in [5.74, 6) is -20.5. The van der Waals surface area contributed by atoms with Crippen LogP contribution in [0.2, 0.25) is 0 Å². The summed E-state index contributed by atoms with van der Waals surface area (Å²) in [6.07, 6.45) is -6.34. The van der Waals surface area contributed by atoms with Crippen LogP contribution < -0.4 is 76.1 Å². The molecular weight excluding hydrogens is 1890 g/mol. The Bertz CT molecular complexity index is 5330. The predicted octanol–water partition coefficient (Wildman–Crippen LogP) is -4.16. The van der Waals surface area contributed by atoms with E-state index in [0.717, 1.165) is 36.3 Å². The number of carboxylic acid groups (broad SMARTS) is 1. The number of aliphatic carboxylic acids is 1. The fraction of sp³-hybridized carbons (Fsp3) is 0.588.